The summed E-state index contributed by atoms with van der Waals surface area (Å²) in [6.07, 6.45) is 0.485. The molecule has 4 heterocycles. The van der Waals surface area contributed by atoms with Crippen LogP contribution in [0.1, 0.15) is 26.7 Å². The number of guanidine groups is 1. The van der Waals surface area contributed by atoms with Gasteiger partial charge in [0.2, 0.25) is 11.8 Å². The van der Waals surface area contributed by atoms with Gasteiger partial charge in [0, 0.05) is 48.8 Å². The number of rotatable bonds is 5. The van der Waals surface area contributed by atoms with Crippen LogP contribution in [0.15, 0.2) is 10.6 Å². The summed E-state index contributed by atoms with van der Waals surface area (Å²) < 4.78 is 0. The number of aliphatic hydroxyl groups excluding tert-OH is 1. The molecule has 0 aromatic heterocycles. The molecule has 0 aromatic rings. The second-order valence-corrected chi connectivity index (χ2v) is 10.6. The Labute approximate surface area is 196 Å². The van der Waals surface area contributed by atoms with Crippen molar-refractivity contribution in [2.45, 2.75) is 50.1 Å². The van der Waals surface area contributed by atoms with Gasteiger partial charge in [-0.25, -0.2) is 4.79 Å². The van der Waals surface area contributed by atoms with Crippen molar-refractivity contribution < 1.29 is 24.6 Å². The number of carbonyl (C=O) groups is 3. The van der Waals surface area contributed by atoms with E-state index in [9.17, 15) is 24.6 Å². The largest absolute Gasteiger partial charge is 0.477 e. The Kier molecular flexibility index (Phi) is 6.61. The van der Waals surface area contributed by atoms with Crippen LogP contribution in [0.5, 0.6) is 0 Å². The van der Waals surface area contributed by atoms with Crippen molar-refractivity contribution >= 4 is 35.5 Å². The van der Waals surface area contributed by atoms with Crippen LogP contribution in [0.3, 0.4) is 0 Å². The first kappa shape index (κ1) is 23.8. The topological polar surface area (TPSA) is 163 Å². The van der Waals surface area contributed by atoms with E-state index in [0.717, 1.165) is 6.42 Å². The molecule has 0 spiro atoms. The van der Waals surface area contributed by atoms with Gasteiger partial charge in [0.05, 0.1) is 24.1 Å². The lowest BCUT2D eigenvalue weighted by atomic mass is 9.79. The smallest absolute Gasteiger partial charge is 0.353 e. The lowest BCUT2D eigenvalue weighted by Gasteiger charge is -2.46. The minimum Gasteiger partial charge on any atom is -0.477 e. The van der Waals surface area contributed by atoms with Crippen molar-refractivity contribution in [3.8, 4) is 0 Å². The van der Waals surface area contributed by atoms with Crippen LogP contribution in [0.25, 0.3) is 0 Å². The van der Waals surface area contributed by atoms with Gasteiger partial charge in [0.25, 0.3) is 0 Å². The number of aliphatic carboxylic acids is 1. The number of hydrogen-bond donors (Lipinski definition) is 5. The molecule has 4 aliphatic rings. The number of thioether (sulfide) groups is 1. The minimum absolute atomic E-state index is 0.00486. The molecule has 0 bridgehead atoms. The molecule has 0 radical (unpaired) electrons. The van der Waals surface area contributed by atoms with E-state index in [1.807, 2.05) is 11.8 Å². The predicted octanol–water partition coefficient (Wildman–Crippen LogP) is -0.968. The van der Waals surface area contributed by atoms with E-state index in [1.165, 1.54) is 16.7 Å². The average Bonchev–Trinajstić information content (AvgIpc) is 3.18. The fourth-order valence-electron chi connectivity index (χ4n) is 5.44. The molecule has 3 saturated heterocycles. The fourth-order valence-corrected chi connectivity index (χ4v) is 6.92. The molecule has 33 heavy (non-hydrogen) atoms. The maximum atomic E-state index is 13.1. The number of aliphatic hydroxyl groups is 1. The van der Waals surface area contributed by atoms with E-state index in [2.05, 4.69) is 5.32 Å². The van der Waals surface area contributed by atoms with E-state index >= 15 is 0 Å². The van der Waals surface area contributed by atoms with E-state index < -0.39 is 18.0 Å². The summed E-state index contributed by atoms with van der Waals surface area (Å²) in [5.41, 5.74) is 5.60. The van der Waals surface area contributed by atoms with Crippen molar-refractivity contribution in [2.24, 2.45) is 17.6 Å². The molecule has 2 amide bonds. The quantitative estimate of drug-likeness (QED) is 0.189. The average molecular weight is 481 g/mol. The van der Waals surface area contributed by atoms with Crippen LogP contribution >= 0.6 is 11.8 Å². The van der Waals surface area contributed by atoms with E-state index in [1.54, 1.807) is 11.8 Å². The number of fused-ring (bicyclic) bond motifs is 1. The second kappa shape index (κ2) is 9.15. The lowest BCUT2D eigenvalue weighted by Crippen LogP contribution is -2.63. The molecule has 11 nitrogen and oxygen atoms in total. The second-order valence-electron chi connectivity index (χ2n) is 9.26. The number of nitrogens with two attached hydrogens (primary N) is 1. The molecule has 0 unspecified atom stereocenters. The standard InChI is InChI=1S/C21H32N6O5S/c1-10-15-14(11(2)28)19(30)27(15)16(20(31)32)17(10)33-12-8-13(24-9-12)18(29)25-4-3-5-26(7-6-25)21(22)23/h10-15,24,28H,3-9H2,1-2H3,(H3,22,23)(H,31,32)/t10-,11-,12+,13+,14-,15-/m1/s1. The van der Waals surface area contributed by atoms with Gasteiger partial charge < -0.3 is 36.0 Å². The van der Waals surface area contributed by atoms with Crippen LogP contribution in [0, 0.1) is 17.2 Å². The van der Waals surface area contributed by atoms with Gasteiger partial charge in [-0.2, -0.15) is 0 Å². The van der Waals surface area contributed by atoms with Crippen LogP contribution < -0.4 is 11.1 Å². The maximum absolute atomic E-state index is 13.1. The first-order valence-corrected chi connectivity index (χ1v) is 12.3. The summed E-state index contributed by atoms with van der Waals surface area (Å²) in [5, 5.41) is 30.7. The zero-order valence-corrected chi connectivity index (χ0v) is 19.7. The van der Waals surface area contributed by atoms with Crippen molar-refractivity contribution in [3.05, 3.63) is 10.6 Å². The Morgan fingerprint density at radius 3 is 2.55 bits per heavy atom. The number of carbonyl (C=O) groups excluding carboxylic acids is 2. The summed E-state index contributed by atoms with van der Waals surface area (Å²) in [4.78, 5) is 43.1. The summed E-state index contributed by atoms with van der Waals surface area (Å²) >= 11 is 1.44. The zero-order valence-electron chi connectivity index (χ0n) is 18.9. The van der Waals surface area contributed by atoms with Crippen molar-refractivity contribution in [1.29, 1.82) is 5.41 Å². The summed E-state index contributed by atoms with van der Waals surface area (Å²) in [6, 6.07) is -0.681. The Bertz CT molecular complexity index is 894. The zero-order chi connectivity index (χ0) is 24.0. The number of β-lactam (4-membered cyclic amide) rings is 1. The number of nitrogens with zero attached hydrogens (tertiary/aromatic N) is 3. The van der Waals surface area contributed by atoms with E-state index in [-0.39, 0.29) is 46.7 Å². The summed E-state index contributed by atoms with van der Waals surface area (Å²) in [7, 11) is 0. The van der Waals surface area contributed by atoms with Gasteiger partial charge in [-0.05, 0) is 19.8 Å². The molecular formula is C21H32N6O5S. The molecular weight excluding hydrogens is 448 g/mol. The number of carboxylic acids is 1. The molecule has 6 atom stereocenters. The Morgan fingerprint density at radius 1 is 1.24 bits per heavy atom. The third kappa shape index (κ3) is 4.19. The summed E-state index contributed by atoms with van der Waals surface area (Å²) in [5.74, 6) is -2.20. The van der Waals surface area contributed by atoms with Gasteiger partial charge in [0.15, 0.2) is 5.96 Å². The molecule has 12 heteroatoms. The predicted molar refractivity (Wildman–Crippen MR) is 122 cm³/mol. The van der Waals surface area contributed by atoms with Gasteiger partial charge in [-0.15, -0.1) is 11.8 Å². The maximum Gasteiger partial charge on any atom is 0.353 e. The first-order valence-electron chi connectivity index (χ1n) is 11.4. The van der Waals surface area contributed by atoms with Crippen molar-refractivity contribution in [2.75, 3.05) is 32.7 Å². The fraction of sp³-hybridized carbons (Fsp3) is 0.714. The SMILES string of the molecule is C[C@@H](O)[C@H]1C(=O)N2C(C(=O)O)=C(S[C@@H]3CN[C@H](C(=O)N4CCCN(C(=N)N)CC4)C3)[C@H](C)[C@H]12. The van der Waals surface area contributed by atoms with Crippen LogP contribution in [0.4, 0.5) is 0 Å². The molecule has 0 aliphatic carbocycles. The molecule has 182 valence electrons. The highest BCUT2D eigenvalue weighted by atomic mass is 32.2. The molecule has 0 aromatic carbocycles. The van der Waals surface area contributed by atoms with Gasteiger partial charge >= 0.3 is 5.97 Å². The minimum atomic E-state index is -1.14. The Balaban J connectivity index is 1.41. The Morgan fingerprint density at radius 2 is 1.91 bits per heavy atom. The number of nitrogens with one attached hydrogen (secondary N) is 2. The monoisotopic (exact) mass is 480 g/mol. The van der Waals surface area contributed by atoms with E-state index in [4.69, 9.17) is 11.1 Å². The van der Waals surface area contributed by atoms with Gasteiger partial charge in [-0.3, -0.25) is 15.0 Å². The first-order chi connectivity index (χ1) is 15.6. The van der Waals surface area contributed by atoms with Gasteiger partial charge in [0.1, 0.15) is 5.70 Å². The highest BCUT2D eigenvalue weighted by Gasteiger charge is 2.60. The van der Waals surface area contributed by atoms with Crippen LogP contribution in [-0.4, -0.2) is 105 Å². The molecule has 3 fully saturated rings. The third-order valence-corrected chi connectivity index (χ3v) is 8.65. The molecule has 4 aliphatic heterocycles. The Hall–Kier alpha value is -2.31. The van der Waals surface area contributed by atoms with E-state index in [0.29, 0.717) is 44.0 Å². The normalized spacial score (nSPS) is 33.0. The lowest BCUT2D eigenvalue weighted by molar-refractivity contribution is -0.163. The van der Waals surface area contributed by atoms with Crippen LogP contribution in [0.2, 0.25) is 0 Å². The molecule has 4 rings (SSSR count). The van der Waals surface area contributed by atoms with Crippen molar-refractivity contribution in [1.82, 2.24) is 20.0 Å². The van der Waals surface area contributed by atoms with Crippen LogP contribution in [-0.2, 0) is 14.4 Å². The summed E-state index contributed by atoms with van der Waals surface area (Å²) in [6.45, 7) is 6.35. The number of amides is 2. The highest BCUT2D eigenvalue weighted by molar-refractivity contribution is 8.03. The van der Waals surface area contributed by atoms with Crippen molar-refractivity contribution in [3.63, 3.8) is 0 Å². The highest BCUT2D eigenvalue weighted by Crippen LogP contribution is 2.51. The van der Waals surface area contributed by atoms with Gasteiger partial charge in [-0.1, -0.05) is 6.92 Å². The molecule has 0 saturated carbocycles. The third-order valence-electron chi connectivity index (χ3n) is 7.14. The molecule has 6 N–H and O–H groups in total. The number of hydrogen-bond acceptors (Lipinski definition) is 7. The number of carboxylic acid groups (broad SMARTS) is 1.